The number of nitrogens with zero attached hydrogens (tertiary/aromatic N) is 2. The lowest BCUT2D eigenvalue weighted by Gasteiger charge is -2.30. The Kier molecular flexibility index (Phi) is 11.2. The maximum Gasteiger partial charge on any atom is 0.416 e. The van der Waals surface area contributed by atoms with E-state index < -0.39 is 33.7 Å². The van der Waals surface area contributed by atoms with Gasteiger partial charge in [0.05, 0.1) is 24.6 Å². The highest BCUT2D eigenvalue weighted by Crippen LogP contribution is 2.32. The quantitative estimate of drug-likeness (QED) is 0.383. The van der Waals surface area contributed by atoms with Crippen LogP contribution in [0.2, 0.25) is 0 Å². The molecular weight excluding hydrogens is 535 g/mol. The molecule has 2 aromatic rings. The Hall–Kier alpha value is -3.28. The summed E-state index contributed by atoms with van der Waals surface area (Å²) in [4.78, 5) is 27.5. The Balaban J connectivity index is 2.21. The lowest BCUT2D eigenvalue weighted by Crippen LogP contribution is -2.48. The molecule has 2 aromatic carbocycles. The largest absolute Gasteiger partial charge is 0.497 e. The zero-order valence-electron chi connectivity index (χ0n) is 22.8. The first kappa shape index (κ1) is 31.9. The van der Waals surface area contributed by atoms with E-state index in [2.05, 4.69) is 5.32 Å². The van der Waals surface area contributed by atoms with E-state index >= 15 is 0 Å². The van der Waals surface area contributed by atoms with E-state index in [0.717, 1.165) is 34.3 Å². The number of methoxy groups -OCH3 is 1. The Labute approximate surface area is 228 Å². The molecule has 0 unspecified atom stereocenters. The molecule has 0 heterocycles. The molecule has 0 radical (unpaired) electrons. The van der Waals surface area contributed by atoms with Crippen molar-refractivity contribution in [3.63, 3.8) is 0 Å². The molecule has 0 aromatic heterocycles. The van der Waals surface area contributed by atoms with Crippen molar-refractivity contribution in [3.05, 3.63) is 59.7 Å². The topological polar surface area (TPSA) is 96.0 Å². The summed E-state index contributed by atoms with van der Waals surface area (Å²) >= 11 is 0. The highest BCUT2D eigenvalue weighted by atomic mass is 32.2. The second-order valence-electron chi connectivity index (χ2n) is 9.67. The fourth-order valence-electron chi connectivity index (χ4n) is 3.80. The summed E-state index contributed by atoms with van der Waals surface area (Å²) in [6.07, 6.45) is -3.83. The molecule has 0 saturated heterocycles. The number of carbonyl (C=O) groups excluding carboxylic acids is 2. The molecule has 0 saturated carbocycles. The predicted octanol–water partition coefficient (Wildman–Crippen LogP) is 4.45. The van der Waals surface area contributed by atoms with Gasteiger partial charge < -0.3 is 15.0 Å². The number of alkyl halides is 3. The Morgan fingerprint density at radius 3 is 2.23 bits per heavy atom. The van der Waals surface area contributed by atoms with Crippen molar-refractivity contribution in [2.75, 3.05) is 30.8 Å². The number of anilines is 1. The van der Waals surface area contributed by atoms with Gasteiger partial charge in [-0.25, -0.2) is 8.42 Å². The van der Waals surface area contributed by atoms with Gasteiger partial charge in [0.1, 0.15) is 11.8 Å². The van der Waals surface area contributed by atoms with Gasteiger partial charge in [0.15, 0.2) is 0 Å². The van der Waals surface area contributed by atoms with Crippen LogP contribution in [-0.4, -0.2) is 57.6 Å². The second kappa shape index (κ2) is 13.7. The van der Waals surface area contributed by atoms with E-state index in [4.69, 9.17) is 4.74 Å². The summed E-state index contributed by atoms with van der Waals surface area (Å²) in [5, 5.41) is 2.82. The van der Waals surface area contributed by atoms with Gasteiger partial charge in [0.25, 0.3) is 0 Å². The number of benzene rings is 2. The number of nitrogens with one attached hydrogen (secondary N) is 1. The van der Waals surface area contributed by atoms with E-state index in [1.54, 1.807) is 31.2 Å². The van der Waals surface area contributed by atoms with Crippen LogP contribution in [0.4, 0.5) is 18.9 Å². The van der Waals surface area contributed by atoms with Crippen LogP contribution >= 0.6 is 0 Å². The number of amides is 2. The van der Waals surface area contributed by atoms with Gasteiger partial charge in [0, 0.05) is 26.1 Å². The number of hydrogen-bond acceptors (Lipinski definition) is 5. The molecule has 0 aliphatic heterocycles. The molecule has 0 fully saturated rings. The van der Waals surface area contributed by atoms with Crippen molar-refractivity contribution in [2.24, 2.45) is 5.92 Å². The molecular formula is C27H36F3N3O5S. The normalized spacial score (nSPS) is 12.6. The Morgan fingerprint density at radius 1 is 1.05 bits per heavy atom. The van der Waals surface area contributed by atoms with Crippen LogP contribution in [-0.2, 0) is 32.3 Å². The fourth-order valence-corrected chi connectivity index (χ4v) is 4.76. The van der Waals surface area contributed by atoms with Gasteiger partial charge >= 0.3 is 6.18 Å². The molecule has 0 spiro atoms. The Morgan fingerprint density at radius 2 is 1.69 bits per heavy atom. The standard InChI is InChI=1S/C27H36F3N3O5S/c1-19(2)17-31-26(35)20(3)32(18-21-11-13-24(38-4)14-12-21)25(34)10-7-15-33(39(5,36)37)23-9-6-8-22(16-23)27(28,29)30/h6,8-9,11-14,16,19-20H,7,10,15,17-18H2,1-5H3,(H,31,35)/t20-/m1/s1. The molecule has 0 aliphatic carbocycles. The molecule has 1 atom stereocenters. The first-order valence-electron chi connectivity index (χ1n) is 12.5. The average molecular weight is 572 g/mol. The van der Waals surface area contributed by atoms with Crippen molar-refractivity contribution in [3.8, 4) is 5.75 Å². The Bertz CT molecular complexity index is 1220. The molecule has 216 valence electrons. The molecule has 12 heteroatoms. The molecule has 39 heavy (non-hydrogen) atoms. The van der Waals surface area contributed by atoms with Gasteiger partial charge in [0.2, 0.25) is 21.8 Å². The van der Waals surface area contributed by atoms with Gasteiger partial charge in [-0.2, -0.15) is 13.2 Å². The molecule has 2 rings (SSSR count). The summed E-state index contributed by atoms with van der Waals surface area (Å²) in [6.45, 7) is 5.86. The van der Waals surface area contributed by atoms with Crippen molar-refractivity contribution in [1.82, 2.24) is 10.2 Å². The second-order valence-corrected chi connectivity index (χ2v) is 11.6. The fraction of sp³-hybridized carbons (Fsp3) is 0.481. The molecule has 1 N–H and O–H groups in total. The highest BCUT2D eigenvalue weighted by Gasteiger charge is 2.32. The minimum atomic E-state index is -4.64. The lowest BCUT2D eigenvalue weighted by atomic mass is 10.1. The summed E-state index contributed by atoms with van der Waals surface area (Å²) in [5.74, 6) is 0.127. The number of rotatable bonds is 13. The van der Waals surface area contributed by atoms with Gasteiger partial charge in [-0.15, -0.1) is 0 Å². The van der Waals surface area contributed by atoms with E-state index in [0.29, 0.717) is 12.3 Å². The third-order valence-electron chi connectivity index (χ3n) is 5.98. The number of sulfonamides is 1. The van der Waals surface area contributed by atoms with Crippen molar-refractivity contribution in [2.45, 2.75) is 52.4 Å². The van der Waals surface area contributed by atoms with Crippen LogP contribution < -0.4 is 14.4 Å². The predicted molar refractivity (Wildman–Crippen MR) is 144 cm³/mol. The maximum absolute atomic E-state index is 13.3. The van der Waals surface area contributed by atoms with Crippen molar-refractivity contribution in [1.29, 1.82) is 0 Å². The first-order chi connectivity index (χ1) is 18.1. The summed E-state index contributed by atoms with van der Waals surface area (Å²) in [6, 6.07) is 10.2. The average Bonchev–Trinajstić information content (AvgIpc) is 2.87. The number of halogens is 3. The zero-order valence-corrected chi connectivity index (χ0v) is 23.6. The molecule has 8 nitrogen and oxygen atoms in total. The zero-order chi connectivity index (χ0) is 29.4. The van der Waals surface area contributed by atoms with Gasteiger partial charge in [-0.1, -0.05) is 32.0 Å². The third kappa shape index (κ3) is 9.76. The van der Waals surface area contributed by atoms with E-state index in [1.807, 2.05) is 13.8 Å². The van der Waals surface area contributed by atoms with E-state index in [9.17, 15) is 31.2 Å². The number of ether oxygens (including phenoxy) is 1. The lowest BCUT2D eigenvalue weighted by molar-refractivity contribution is -0.140. The van der Waals surface area contributed by atoms with E-state index in [1.165, 1.54) is 18.1 Å². The van der Waals surface area contributed by atoms with Crippen LogP contribution in [0.5, 0.6) is 5.75 Å². The van der Waals surface area contributed by atoms with Crippen LogP contribution in [0.3, 0.4) is 0 Å². The first-order valence-corrected chi connectivity index (χ1v) is 14.3. The summed E-state index contributed by atoms with van der Waals surface area (Å²) in [5.41, 5.74) is -0.359. The van der Waals surface area contributed by atoms with Gasteiger partial charge in [-0.05, 0) is 55.2 Å². The third-order valence-corrected chi connectivity index (χ3v) is 7.17. The number of carbonyl (C=O) groups is 2. The van der Waals surface area contributed by atoms with Crippen LogP contribution in [0, 0.1) is 5.92 Å². The number of hydrogen-bond donors (Lipinski definition) is 1. The van der Waals surface area contributed by atoms with Crippen LogP contribution in [0.15, 0.2) is 48.5 Å². The molecule has 0 bridgehead atoms. The molecule has 2 amide bonds. The highest BCUT2D eigenvalue weighted by molar-refractivity contribution is 7.92. The van der Waals surface area contributed by atoms with Crippen molar-refractivity contribution < 1.29 is 35.9 Å². The van der Waals surface area contributed by atoms with Gasteiger partial charge in [-0.3, -0.25) is 13.9 Å². The maximum atomic E-state index is 13.3. The summed E-state index contributed by atoms with van der Waals surface area (Å²) in [7, 11) is -2.40. The molecule has 0 aliphatic rings. The van der Waals surface area contributed by atoms with Crippen LogP contribution in [0.25, 0.3) is 0 Å². The summed E-state index contributed by atoms with van der Waals surface area (Å²) < 4.78 is 70.4. The SMILES string of the molecule is COc1ccc(CN(C(=O)CCCN(c2cccc(C(F)(F)F)c2)S(C)(=O)=O)[C@H](C)C(=O)NCC(C)C)cc1. The minimum absolute atomic E-state index is 0.0294. The van der Waals surface area contributed by atoms with Crippen molar-refractivity contribution >= 4 is 27.5 Å². The van der Waals surface area contributed by atoms with Crippen LogP contribution in [0.1, 0.15) is 44.7 Å². The minimum Gasteiger partial charge on any atom is -0.497 e. The van der Waals surface area contributed by atoms with E-state index in [-0.39, 0.29) is 43.4 Å². The smallest absolute Gasteiger partial charge is 0.416 e. The monoisotopic (exact) mass is 571 g/mol.